The average Bonchev–Trinajstić information content (AvgIpc) is 2.43. The van der Waals surface area contributed by atoms with E-state index in [9.17, 15) is 21.6 Å². The van der Waals surface area contributed by atoms with Gasteiger partial charge in [0.05, 0.1) is 4.90 Å². The van der Waals surface area contributed by atoms with E-state index in [-0.39, 0.29) is 23.8 Å². The van der Waals surface area contributed by atoms with E-state index in [0.717, 1.165) is 12.1 Å². The Balaban J connectivity index is 0.00000484. The van der Waals surface area contributed by atoms with Crippen LogP contribution in [0.5, 0.6) is 5.75 Å². The van der Waals surface area contributed by atoms with E-state index in [1.807, 2.05) is 0 Å². The van der Waals surface area contributed by atoms with E-state index in [1.54, 1.807) is 13.8 Å². The standard InChI is InChI=1S/C13H19F3N2O3S.ClH/c1-3-12(4-2,9-17)18-22(19,20)11-7-5-6-10(8-11)21-13(14,15)16;/h5-8,18H,3-4,9,17H2,1-2H3;1H. The van der Waals surface area contributed by atoms with Crippen molar-refractivity contribution in [1.29, 1.82) is 0 Å². The lowest BCUT2D eigenvalue weighted by Gasteiger charge is -2.31. The third kappa shape index (κ3) is 6.17. The first kappa shape index (κ1) is 22.0. The number of hydrogen-bond donors (Lipinski definition) is 2. The molecule has 0 aliphatic rings. The number of ether oxygens (including phenoxy) is 1. The molecule has 0 heterocycles. The Bertz CT molecular complexity index is 596. The summed E-state index contributed by atoms with van der Waals surface area (Å²) < 4.78 is 67.5. The van der Waals surface area contributed by atoms with E-state index in [0.29, 0.717) is 12.8 Å². The Labute approximate surface area is 139 Å². The molecule has 1 aromatic carbocycles. The van der Waals surface area contributed by atoms with Gasteiger partial charge in [-0.2, -0.15) is 0 Å². The van der Waals surface area contributed by atoms with Gasteiger partial charge in [0.25, 0.3) is 0 Å². The highest BCUT2D eigenvalue weighted by molar-refractivity contribution is 7.89. The van der Waals surface area contributed by atoms with Crippen LogP contribution in [-0.2, 0) is 10.0 Å². The van der Waals surface area contributed by atoms with Crippen LogP contribution in [0.1, 0.15) is 26.7 Å². The van der Waals surface area contributed by atoms with Crippen molar-refractivity contribution in [3.63, 3.8) is 0 Å². The average molecular weight is 377 g/mol. The largest absolute Gasteiger partial charge is 0.573 e. The van der Waals surface area contributed by atoms with Crippen LogP contribution < -0.4 is 15.2 Å². The molecule has 1 aromatic rings. The zero-order valence-electron chi connectivity index (χ0n) is 12.7. The Morgan fingerprint density at radius 2 is 1.78 bits per heavy atom. The fourth-order valence-electron chi connectivity index (χ4n) is 1.91. The minimum Gasteiger partial charge on any atom is -0.406 e. The van der Waals surface area contributed by atoms with Crippen molar-refractivity contribution < 1.29 is 26.3 Å². The number of sulfonamides is 1. The lowest BCUT2D eigenvalue weighted by atomic mass is 9.95. The van der Waals surface area contributed by atoms with Crippen LogP contribution in [0.3, 0.4) is 0 Å². The molecule has 0 aromatic heterocycles. The van der Waals surface area contributed by atoms with Crippen LogP contribution in [0.2, 0.25) is 0 Å². The van der Waals surface area contributed by atoms with Crippen molar-refractivity contribution >= 4 is 22.4 Å². The van der Waals surface area contributed by atoms with Gasteiger partial charge in [-0.25, -0.2) is 13.1 Å². The highest BCUT2D eigenvalue weighted by atomic mass is 35.5. The van der Waals surface area contributed by atoms with Crippen LogP contribution >= 0.6 is 12.4 Å². The zero-order valence-corrected chi connectivity index (χ0v) is 14.3. The number of alkyl halides is 3. The van der Waals surface area contributed by atoms with Crippen molar-refractivity contribution in [1.82, 2.24) is 4.72 Å². The summed E-state index contributed by atoms with van der Waals surface area (Å²) in [5.41, 5.74) is 4.79. The first-order chi connectivity index (χ1) is 10.1. The second-order valence-electron chi connectivity index (χ2n) is 4.82. The molecule has 0 unspecified atom stereocenters. The Morgan fingerprint density at radius 3 is 2.22 bits per heavy atom. The first-order valence-corrected chi connectivity index (χ1v) is 8.15. The first-order valence-electron chi connectivity index (χ1n) is 6.67. The van der Waals surface area contributed by atoms with Crippen molar-refractivity contribution in [2.24, 2.45) is 5.73 Å². The number of halogens is 4. The summed E-state index contributed by atoms with van der Waals surface area (Å²) in [7, 11) is -4.01. The fourth-order valence-corrected chi connectivity index (χ4v) is 3.50. The van der Waals surface area contributed by atoms with Gasteiger partial charge < -0.3 is 10.5 Å². The molecule has 0 aliphatic heterocycles. The molecular weight excluding hydrogens is 357 g/mol. The Kier molecular flexibility index (Phi) is 7.82. The van der Waals surface area contributed by atoms with Gasteiger partial charge in [-0.3, -0.25) is 0 Å². The summed E-state index contributed by atoms with van der Waals surface area (Å²) in [6.07, 6.45) is -3.97. The van der Waals surface area contributed by atoms with Gasteiger partial charge in [-0.1, -0.05) is 19.9 Å². The van der Waals surface area contributed by atoms with Gasteiger partial charge in [-0.05, 0) is 25.0 Å². The van der Waals surface area contributed by atoms with E-state index < -0.39 is 27.7 Å². The molecule has 23 heavy (non-hydrogen) atoms. The highest BCUT2D eigenvalue weighted by Gasteiger charge is 2.33. The van der Waals surface area contributed by atoms with Crippen molar-refractivity contribution in [2.75, 3.05) is 6.54 Å². The number of rotatable bonds is 7. The van der Waals surface area contributed by atoms with Crippen molar-refractivity contribution in [3.8, 4) is 5.75 Å². The number of benzene rings is 1. The van der Waals surface area contributed by atoms with Crippen LogP contribution in [0.4, 0.5) is 13.2 Å². The number of nitrogens with two attached hydrogens (primary N) is 1. The van der Waals surface area contributed by atoms with Crippen molar-refractivity contribution in [3.05, 3.63) is 24.3 Å². The molecule has 3 N–H and O–H groups in total. The van der Waals surface area contributed by atoms with Gasteiger partial charge >= 0.3 is 6.36 Å². The van der Waals surface area contributed by atoms with Crippen LogP contribution in [0, 0.1) is 0 Å². The fraction of sp³-hybridized carbons (Fsp3) is 0.538. The highest BCUT2D eigenvalue weighted by Crippen LogP contribution is 2.26. The van der Waals surface area contributed by atoms with Crippen molar-refractivity contribution in [2.45, 2.75) is 43.5 Å². The van der Waals surface area contributed by atoms with Crippen LogP contribution in [-0.4, -0.2) is 26.9 Å². The molecule has 0 bridgehead atoms. The molecule has 0 radical (unpaired) electrons. The van der Waals surface area contributed by atoms with E-state index in [2.05, 4.69) is 9.46 Å². The lowest BCUT2D eigenvalue weighted by molar-refractivity contribution is -0.274. The smallest absolute Gasteiger partial charge is 0.406 e. The van der Waals surface area contributed by atoms with E-state index >= 15 is 0 Å². The summed E-state index contributed by atoms with van der Waals surface area (Å²) in [5, 5.41) is 0. The predicted molar refractivity (Wildman–Crippen MR) is 83.1 cm³/mol. The minimum absolute atomic E-state index is 0. The molecule has 0 saturated carbocycles. The summed E-state index contributed by atoms with van der Waals surface area (Å²) in [6, 6.07) is 4.22. The molecule has 0 atom stereocenters. The number of nitrogens with one attached hydrogen (secondary N) is 1. The lowest BCUT2D eigenvalue weighted by Crippen LogP contribution is -2.52. The maximum Gasteiger partial charge on any atom is 0.573 e. The van der Waals surface area contributed by atoms with E-state index in [1.165, 1.54) is 12.1 Å². The normalized spacial score (nSPS) is 12.6. The van der Waals surface area contributed by atoms with Gasteiger partial charge in [0.15, 0.2) is 0 Å². The predicted octanol–water partition coefficient (Wildman–Crippen LogP) is 2.80. The maximum absolute atomic E-state index is 12.3. The van der Waals surface area contributed by atoms with Gasteiger partial charge in [0, 0.05) is 18.2 Å². The monoisotopic (exact) mass is 376 g/mol. The Hall–Kier alpha value is -1.03. The molecule has 0 spiro atoms. The SMILES string of the molecule is CCC(CC)(CN)NS(=O)(=O)c1cccc(OC(F)(F)F)c1.Cl. The molecule has 1 rings (SSSR count). The molecular formula is C13H20ClF3N2O3S. The van der Waals surface area contributed by atoms with Crippen LogP contribution in [0.15, 0.2) is 29.2 Å². The molecule has 0 amide bonds. The third-order valence-electron chi connectivity index (χ3n) is 3.44. The van der Waals surface area contributed by atoms with Gasteiger partial charge in [0.1, 0.15) is 5.75 Å². The summed E-state index contributed by atoms with van der Waals surface area (Å²) in [5.74, 6) is -0.596. The molecule has 0 aliphatic carbocycles. The quantitative estimate of drug-likeness (QED) is 0.766. The Morgan fingerprint density at radius 1 is 1.22 bits per heavy atom. The molecule has 5 nitrogen and oxygen atoms in total. The molecule has 0 saturated heterocycles. The molecule has 10 heteroatoms. The minimum atomic E-state index is -4.89. The van der Waals surface area contributed by atoms with Gasteiger partial charge in [0.2, 0.25) is 10.0 Å². The summed E-state index contributed by atoms with van der Waals surface area (Å²) in [4.78, 5) is -0.311. The van der Waals surface area contributed by atoms with E-state index in [4.69, 9.17) is 5.73 Å². The summed E-state index contributed by atoms with van der Waals surface area (Å²) in [6.45, 7) is 3.64. The topological polar surface area (TPSA) is 81.4 Å². The molecule has 134 valence electrons. The summed E-state index contributed by atoms with van der Waals surface area (Å²) >= 11 is 0. The molecule has 0 fully saturated rings. The maximum atomic E-state index is 12.3. The van der Waals surface area contributed by atoms with Gasteiger partial charge in [-0.15, -0.1) is 25.6 Å². The second-order valence-corrected chi connectivity index (χ2v) is 6.50. The second kappa shape index (κ2) is 8.18. The zero-order chi connectivity index (χ0) is 17.0. The third-order valence-corrected chi connectivity index (χ3v) is 5.02. The van der Waals surface area contributed by atoms with Crippen LogP contribution in [0.25, 0.3) is 0 Å². The number of hydrogen-bond acceptors (Lipinski definition) is 4.